The van der Waals surface area contributed by atoms with E-state index in [2.05, 4.69) is 10.3 Å². The largest absolute Gasteiger partial charge is 0.355 e. The molecule has 0 aliphatic heterocycles. The molecule has 0 saturated carbocycles. The van der Waals surface area contributed by atoms with Gasteiger partial charge in [-0.15, -0.1) is 0 Å². The monoisotopic (exact) mass is 251 g/mol. The Bertz CT molecular complexity index is 630. The summed E-state index contributed by atoms with van der Waals surface area (Å²) in [5.74, 6) is -0.657. The molecular formula is C12H14FN3O2. The molecule has 1 aromatic carbocycles. The molecule has 18 heavy (non-hydrogen) atoms. The summed E-state index contributed by atoms with van der Waals surface area (Å²) in [6.45, 7) is 2.45. The molecule has 0 unspecified atom stereocenters. The number of nitrogens with zero attached hydrogens (tertiary/aromatic N) is 1. The van der Waals surface area contributed by atoms with Gasteiger partial charge in [0.25, 0.3) is 0 Å². The third kappa shape index (κ3) is 2.42. The molecule has 2 rings (SSSR count). The number of amides is 1. The van der Waals surface area contributed by atoms with Gasteiger partial charge < -0.3 is 10.3 Å². The first-order valence-corrected chi connectivity index (χ1v) is 5.76. The fourth-order valence-corrected chi connectivity index (χ4v) is 1.76. The summed E-state index contributed by atoms with van der Waals surface area (Å²) in [6.07, 6.45) is 0.833. The van der Waals surface area contributed by atoms with Gasteiger partial charge in [-0.25, -0.2) is 9.18 Å². The van der Waals surface area contributed by atoms with Gasteiger partial charge in [0.1, 0.15) is 12.4 Å². The highest BCUT2D eigenvalue weighted by Gasteiger charge is 2.10. The number of imidazole rings is 1. The smallest absolute Gasteiger partial charge is 0.326 e. The zero-order valence-electron chi connectivity index (χ0n) is 10.00. The van der Waals surface area contributed by atoms with Crippen molar-refractivity contribution in [3.8, 4) is 0 Å². The third-order valence-electron chi connectivity index (χ3n) is 2.61. The first kappa shape index (κ1) is 12.3. The number of fused-ring (bicyclic) bond motifs is 1. The van der Waals surface area contributed by atoms with E-state index >= 15 is 0 Å². The molecule has 0 aliphatic carbocycles. The minimum atomic E-state index is -0.425. The van der Waals surface area contributed by atoms with Crippen LogP contribution >= 0.6 is 0 Å². The number of benzene rings is 1. The molecule has 1 amide bonds. The first-order chi connectivity index (χ1) is 8.61. The summed E-state index contributed by atoms with van der Waals surface area (Å²) in [5, 5.41) is 2.69. The molecule has 96 valence electrons. The quantitative estimate of drug-likeness (QED) is 0.851. The Kier molecular flexibility index (Phi) is 3.45. The van der Waals surface area contributed by atoms with Gasteiger partial charge in [-0.3, -0.25) is 9.36 Å². The number of rotatable bonds is 4. The van der Waals surface area contributed by atoms with Gasteiger partial charge >= 0.3 is 5.69 Å². The van der Waals surface area contributed by atoms with Gasteiger partial charge in [-0.1, -0.05) is 6.92 Å². The molecule has 1 aromatic heterocycles. The molecule has 0 spiro atoms. The average Bonchev–Trinajstić information content (AvgIpc) is 2.62. The average molecular weight is 251 g/mol. The second-order valence-corrected chi connectivity index (χ2v) is 4.03. The van der Waals surface area contributed by atoms with Crippen LogP contribution in [-0.4, -0.2) is 22.0 Å². The lowest BCUT2D eigenvalue weighted by molar-refractivity contribution is -0.121. The molecule has 0 saturated heterocycles. The highest BCUT2D eigenvalue weighted by atomic mass is 19.1. The normalized spacial score (nSPS) is 10.8. The maximum absolute atomic E-state index is 13.0. The van der Waals surface area contributed by atoms with Crippen LogP contribution in [0.2, 0.25) is 0 Å². The standard InChI is InChI=1S/C12H14FN3O2/c1-2-5-14-11(17)7-16-10-4-3-8(13)6-9(10)15-12(16)18/h3-4,6H,2,5,7H2,1H3,(H,14,17)(H,15,18). The lowest BCUT2D eigenvalue weighted by atomic mass is 10.3. The molecule has 1 heterocycles. The zero-order chi connectivity index (χ0) is 13.1. The predicted molar refractivity (Wildman–Crippen MR) is 65.8 cm³/mol. The van der Waals surface area contributed by atoms with Gasteiger partial charge in [0.15, 0.2) is 0 Å². The van der Waals surface area contributed by atoms with Gasteiger partial charge in [-0.2, -0.15) is 0 Å². The molecule has 2 N–H and O–H groups in total. The van der Waals surface area contributed by atoms with Crippen LogP contribution in [0.25, 0.3) is 11.0 Å². The first-order valence-electron chi connectivity index (χ1n) is 5.76. The number of carbonyl (C=O) groups excluding carboxylic acids is 1. The van der Waals surface area contributed by atoms with Gasteiger partial charge in [0.05, 0.1) is 11.0 Å². The Labute approximate surface area is 103 Å². The molecule has 5 nitrogen and oxygen atoms in total. The number of aromatic amines is 1. The lowest BCUT2D eigenvalue weighted by Crippen LogP contribution is -2.31. The lowest BCUT2D eigenvalue weighted by Gasteiger charge is -2.04. The van der Waals surface area contributed by atoms with Crippen LogP contribution < -0.4 is 11.0 Å². The minimum absolute atomic E-state index is 0.0650. The Morgan fingerprint density at radius 1 is 1.50 bits per heavy atom. The van der Waals surface area contributed by atoms with E-state index in [1.54, 1.807) is 0 Å². The highest BCUT2D eigenvalue weighted by Crippen LogP contribution is 2.11. The number of carbonyl (C=O) groups is 1. The molecule has 0 fully saturated rings. The molecule has 6 heteroatoms. The third-order valence-corrected chi connectivity index (χ3v) is 2.61. The fourth-order valence-electron chi connectivity index (χ4n) is 1.76. The van der Waals surface area contributed by atoms with Gasteiger partial charge in [0, 0.05) is 6.54 Å². The number of nitrogens with one attached hydrogen (secondary N) is 2. The molecule has 0 atom stereocenters. The number of H-pyrrole nitrogens is 1. The van der Waals surface area contributed by atoms with Crippen LogP contribution in [0, 0.1) is 5.82 Å². The molecule has 0 bridgehead atoms. The van der Waals surface area contributed by atoms with E-state index in [9.17, 15) is 14.0 Å². The van der Waals surface area contributed by atoms with Crippen molar-refractivity contribution in [2.24, 2.45) is 0 Å². The minimum Gasteiger partial charge on any atom is -0.355 e. The maximum atomic E-state index is 13.0. The van der Waals surface area contributed by atoms with Crippen LogP contribution in [-0.2, 0) is 11.3 Å². The van der Waals surface area contributed by atoms with E-state index in [-0.39, 0.29) is 12.5 Å². The Morgan fingerprint density at radius 3 is 3.00 bits per heavy atom. The van der Waals surface area contributed by atoms with E-state index < -0.39 is 11.5 Å². The van der Waals surface area contributed by atoms with E-state index in [4.69, 9.17) is 0 Å². The van der Waals surface area contributed by atoms with Crippen LogP contribution in [0.3, 0.4) is 0 Å². The van der Waals surface area contributed by atoms with Crippen molar-refractivity contribution in [2.75, 3.05) is 6.54 Å². The zero-order valence-corrected chi connectivity index (χ0v) is 10.00. The van der Waals surface area contributed by atoms with Crippen molar-refractivity contribution >= 4 is 16.9 Å². The van der Waals surface area contributed by atoms with Crippen molar-refractivity contribution < 1.29 is 9.18 Å². The van der Waals surface area contributed by atoms with E-state index in [0.717, 1.165) is 6.42 Å². The summed E-state index contributed by atoms with van der Waals surface area (Å²) >= 11 is 0. The predicted octanol–water partition coefficient (Wildman–Crippen LogP) is 0.995. The van der Waals surface area contributed by atoms with Crippen LogP contribution in [0.1, 0.15) is 13.3 Å². The second-order valence-electron chi connectivity index (χ2n) is 4.03. The van der Waals surface area contributed by atoms with Gasteiger partial charge in [-0.05, 0) is 24.6 Å². The summed E-state index contributed by atoms with van der Waals surface area (Å²) < 4.78 is 14.3. The summed E-state index contributed by atoms with van der Waals surface area (Å²) in [6, 6.07) is 3.98. The number of hydrogen-bond donors (Lipinski definition) is 2. The summed E-state index contributed by atoms with van der Waals surface area (Å²) in [4.78, 5) is 25.8. The highest BCUT2D eigenvalue weighted by molar-refractivity contribution is 5.80. The topological polar surface area (TPSA) is 66.9 Å². The molecule has 0 aliphatic rings. The van der Waals surface area contributed by atoms with Crippen molar-refractivity contribution in [2.45, 2.75) is 19.9 Å². The van der Waals surface area contributed by atoms with Crippen LogP contribution in [0.15, 0.2) is 23.0 Å². The Balaban J connectivity index is 2.30. The van der Waals surface area contributed by atoms with E-state index in [1.807, 2.05) is 6.92 Å². The van der Waals surface area contributed by atoms with Crippen LogP contribution in [0.4, 0.5) is 4.39 Å². The van der Waals surface area contributed by atoms with Crippen molar-refractivity contribution in [1.82, 2.24) is 14.9 Å². The second kappa shape index (κ2) is 5.03. The fraction of sp³-hybridized carbons (Fsp3) is 0.333. The Hall–Kier alpha value is -2.11. The number of aromatic nitrogens is 2. The summed E-state index contributed by atoms with van der Waals surface area (Å²) in [7, 11) is 0. The van der Waals surface area contributed by atoms with Crippen molar-refractivity contribution in [3.05, 3.63) is 34.5 Å². The van der Waals surface area contributed by atoms with Gasteiger partial charge in [0.2, 0.25) is 5.91 Å². The maximum Gasteiger partial charge on any atom is 0.326 e. The Morgan fingerprint density at radius 2 is 2.28 bits per heavy atom. The molecule has 0 radical (unpaired) electrons. The number of halogens is 1. The van der Waals surface area contributed by atoms with Crippen molar-refractivity contribution in [3.63, 3.8) is 0 Å². The number of hydrogen-bond acceptors (Lipinski definition) is 2. The van der Waals surface area contributed by atoms with Crippen molar-refractivity contribution in [1.29, 1.82) is 0 Å². The molecular weight excluding hydrogens is 237 g/mol. The SMILES string of the molecule is CCCNC(=O)Cn1c(=O)[nH]c2cc(F)ccc21. The van der Waals surface area contributed by atoms with Crippen LogP contribution in [0.5, 0.6) is 0 Å². The van der Waals surface area contributed by atoms with E-state index in [0.29, 0.717) is 17.6 Å². The van der Waals surface area contributed by atoms with E-state index in [1.165, 1.54) is 22.8 Å². The molecule has 2 aromatic rings. The summed E-state index contributed by atoms with van der Waals surface area (Å²) in [5.41, 5.74) is 0.499.